The lowest BCUT2D eigenvalue weighted by Crippen LogP contribution is -2.45. The fourth-order valence-electron chi connectivity index (χ4n) is 4.36. The minimum absolute atomic E-state index is 0.101. The summed E-state index contributed by atoms with van der Waals surface area (Å²) < 4.78 is 1.60. The van der Waals surface area contributed by atoms with Gasteiger partial charge >= 0.3 is 0 Å². The third-order valence-electron chi connectivity index (χ3n) is 6.20. The number of anilines is 1. The summed E-state index contributed by atoms with van der Waals surface area (Å²) in [5.74, 6) is -0.0797. The van der Waals surface area contributed by atoms with Crippen molar-refractivity contribution >= 4 is 28.8 Å². The molecule has 3 aromatic rings. The molecule has 1 aromatic carbocycles. The molecule has 12 nitrogen and oxygen atoms in total. The van der Waals surface area contributed by atoms with E-state index in [1.807, 2.05) is 30.3 Å². The van der Waals surface area contributed by atoms with E-state index in [0.29, 0.717) is 23.5 Å². The molecule has 0 radical (unpaired) electrons. The molecule has 12 heteroatoms. The minimum atomic E-state index is -1.28. The Morgan fingerprint density at radius 2 is 2.09 bits per heavy atom. The van der Waals surface area contributed by atoms with E-state index >= 15 is 0 Å². The standard InChI is InChI=1S/C21H25N9O3/c1-21(19(33)23-2)10-13(15(31)16(21)32)30-11-25-14-17(26-20(28-29-22)27-18(14)30)24-9-8-12-6-4-3-5-7-12/h3-7,11,13,15-16,31-32H,8-10H2,1-2H3,(H,23,33)(H,24,26,27)/t13-,15?,16?,21+/m1/s1. The molecule has 33 heavy (non-hydrogen) atoms. The van der Waals surface area contributed by atoms with Crippen molar-refractivity contribution < 1.29 is 15.0 Å². The molecule has 1 aliphatic rings. The third-order valence-corrected chi connectivity index (χ3v) is 6.20. The molecule has 2 heterocycles. The van der Waals surface area contributed by atoms with E-state index < -0.39 is 23.7 Å². The minimum Gasteiger partial charge on any atom is -0.389 e. The van der Waals surface area contributed by atoms with Crippen molar-refractivity contribution in [3.05, 3.63) is 52.7 Å². The molecule has 172 valence electrons. The number of carbonyl (C=O) groups is 1. The molecule has 4 N–H and O–H groups in total. The quantitative estimate of drug-likeness (QED) is 0.241. The number of hydrogen-bond donors (Lipinski definition) is 4. The van der Waals surface area contributed by atoms with Crippen molar-refractivity contribution in [1.82, 2.24) is 24.8 Å². The van der Waals surface area contributed by atoms with Crippen LogP contribution in [0.3, 0.4) is 0 Å². The smallest absolute Gasteiger partial charge is 0.228 e. The monoisotopic (exact) mass is 451 g/mol. The first-order valence-electron chi connectivity index (χ1n) is 10.5. The van der Waals surface area contributed by atoms with Crippen LogP contribution in [0.4, 0.5) is 11.8 Å². The topological polar surface area (TPSA) is 174 Å². The van der Waals surface area contributed by atoms with Crippen LogP contribution in [-0.2, 0) is 11.2 Å². The Kier molecular flexibility index (Phi) is 6.14. The second kappa shape index (κ2) is 9.02. The van der Waals surface area contributed by atoms with Gasteiger partial charge in [0.05, 0.1) is 23.9 Å². The summed E-state index contributed by atoms with van der Waals surface area (Å²) in [4.78, 5) is 28.2. The fourth-order valence-corrected chi connectivity index (χ4v) is 4.36. The highest BCUT2D eigenvalue weighted by Crippen LogP contribution is 2.45. The van der Waals surface area contributed by atoms with Gasteiger partial charge in [-0.2, -0.15) is 0 Å². The van der Waals surface area contributed by atoms with Gasteiger partial charge in [0.25, 0.3) is 0 Å². The van der Waals surface area contributed by atoms with E-state index in [-0.39, 0.29) is 18.3 Å². The van der Waals surface area contributed by atoms with Crippen molar-refractivity contribution in [3.63, 3.8) is 0 Å². The number of nitrogens with zero attached hydrogens (tertiary/aromatic N) is 7. The summed E-state index contributed by atoms with van der Waals surface area (Å²) in [6, 6.07) is 9.26. The number of rotatable bonds is 7. The van der Waals surface area contributed by atoms with Crippen LogP contribution >= 0.6 is 0 Å². The number of amides is 1. The Labute approximate surface area is 189 Å². The molecule has 4 rings (SSSR count). The Morgan fingerprint density at radius 3 is 2.79 bits per heavy atom. The summed E-state index contributed by atoms with van der Waals surface area (Å²) in [5.41, 5.74) is 9.60. The lowest BCUT2D eigenvalue weighted by atomic mass is 9.85. The number of azide groups is 1. The second-order valence-electron chi connectivity index (χ2n) is 8.25. The number of aliphatic hydroxyl groups excluding tert-OH is 2. The first-order valence-corrected chi connectivity index (χ1v) is 10.5. The zero-order valence-corrected chi connectivity index (χ0v) is 18.3. The Hall–Kier alpha value is -3.73. The third kappa shape index (κ3) is 4.07. The highest BCUT2D eigenvalue weighted by molar-refractivity contribution is 5.85. The van der Waals surface area contributed by atoms with Gasteiger partial charge in [0.1, 0.15) is 11.6 Å². The van der Waals surface area contributed by atoms with E-state index in [9.17, 15) is 15.0 Å². The molecule has 0 aliphatic heterocycles. The zero-order chi connectivity index (χ0) is 23.6. The lowest BCUT2D eigenvalue weighted by Gasteiger charge is -2.26. The van der Waals surface area contributed by atoms with Crippen LogP contribution in [-0.4, -0.2) is 61.4 Å². The first-order chi connectivity index (χ1) is 15.9. The molecule has 1 saturated carbocycles. The highest BCUT2D eigenvalue weighted by Gasteiger charge is 2.54. The maximum Gasteiger partial charge on any atom is 0.228 e. The molecule has 0 bridgehead atoms. The first kappa shape index (κ1) is 22.5. The summed E-state index contributed by atoms with van der Waals surface area (Å²) in [6.07, 6.45) is -0.114. The van der Waals surface area contributed by atoms with Gasteiger partial charge in [-0.25, -0.2) is 15.0 Å². The molecule has 0 spiro atoms. The number of aliphatic hydroxyl groups is 2. The largest absolute Gasteiger partial charge is 0.389 e. The van der Waals surface area contributed by atoms with Gasteiger partial charge in [0.15, 0.2) is 11.5 Å². The number of carbonyl (C=O) groups excluding carboxylic acids is 1. The van der Waals surface area contributed by atoms with Crippen molar-refractivity contribution in [1.29, 1.82) is 0 Å². The van der Waals surface area contributed by atoms with Crippen molar-refractivity contribution in [2.75, 3.05) is 18.9 Å². The summed E-state index contributed by atoms with van der Waals surface area (Å²) in [6.45, 7) is 2.16. The maximum absolute atomic E-state index is 12.4. The SMILES string of the molecule is CNC(=O)[C@@]1(C)C[C@@H](n2cnc3c(NCCc4ccccc4)nc(N=[N+]=[N-])nc32)C(O)C1O. The lowest BCUT2D eigenvalue weighted by molar-refractivity contribution is -0.136. The number of fused-ring (bicyclic) bond motifs is 1. The Bertz CT molecular complexity index is 1210. The number of imidazole rings is 1. The van der Waals surface area contributed by atoms with Crippen LogP contribution in [0.1, 0.15) is 24.9 Å². The van der Waals surface area contributed by atoms with Crippen molar-refractivity contribution in [3.8, 4) is 0 Å². The van der Waals surface area contributed by atoms with Crippen LogP contribution in [0.15, 0.2) is 41.8 Å². The van der Waals surface area contributed by atoms with Crippen molar-refractivity contribution in [2.45, 2.75) is 38.0 Å². The Morgan fingerprint density at radius 1 is 1.33 bits per heavy atom. The summed E-state index contributed by atoms with van der Waals surface area (Å²) in [7, 11) is 1.49. The molecule has 1 aliphatic carbocycles. The van der Waals surface area contributed by atoms with Gasteiger partial charge in [-0.15, -0.1) is 0 Å². The zero-order valence-electron chi connectivity index (χ0n) is 18.3. The van der Waals surface area contributed by atoms with E-state index in [4.69, 9.17) is 5.53 Å². The number of benzene rings is 1. The average molecular weight is 451 g/mol. The van der Waals surface area contributed by atoms with Crippen LogP contribution in [0.2, 0.25) is 0 Å². The summed E-state index contributed by atoms with van der Waals surface area (Å²) in [5, 5.41) is 30.7. The number of hydrogen-bond acceptors (Lipinski definition) is 8. The van der Waals surface area contributed by atoms with E-state index in [0.717, 1.165) is 12.0 Å². The van der Waals surface area contributed by atoms with Gasteiger partial charge in [0.2, 0.25) is 11.9 Å². The van der Waals surface area contributed by atoms with E-state index in [2.05, 4.69) is 35.6 Å². The molecular formula is C21H25N9O3. The normalized spacial score (nSPS) is 24.4. The molecule has 1 fully saturated rings. The molecular weight excluding hydrogens is 426 g/mol. The van der Waals surface area contributed by atoms with Crippen molar-refractivity contribution in [2.24, 2.45) is 10.5 Å². The number of nitrogens with one attached hydrogen (secondary N) is 2. The van der Waals surface area contributed by atoms with Gasteiger partial charge in [0, 0.05) is 18.5 Å². The van der Waals surface area contributed by atoms with E-state index in [1.165, 1.54) is 13.4 Å². The maximum atomic E-state index is 12.4. The highest BCUT2D eigenvalue weighted by atomic mass is 16.3. The van der Waals surface area contributed by atoms with Gasteiger partial charge < -0.3 is 25.4 Å². The van der Waals surface area contributed by atoms with E-state index in [1.54, 1.807) is 11.5 Å². The Balaban J connectivity index is 1.68. The molecule has 2 unspecified atom stereocenters. The molecule has 1 amide bonds. The number of aromatic nitrogens is 4. The van der Waals surface area contributed by atoms with Crippen LogP contribution in [0.25, 0.3) is 21.6 Å². The fraction of sp³-hybridized carbons (Fsp3) is 0.429. The van der Waals surface area contributed by atoms with Crippen LogP contribution in [0, 0.1) is 5.41 Å². The predicted octanol–water partition coefficient (Wildman–Crippen LogP) is 1.84. The van der Waals surface area contributed by atoms with Crippen LogP contribution in [0.5, 0.6) is 0 Å². The predicted molar refractivity (Wildman–Crippen MR) is 121 cm³/mol. The van der Waals surface area contributed by atoms with Gasteiger partial charge in [-0.05, 0) is 36.0 Å². The van der Waals surface area contributed by atoms with Gasteiger partial charge in [-0.1, -0.05) is 30.3 Å². The average Bonchev–Trinajstić information content (AvgIpc) is 3.34. The second-order valence-corrected chi connectivity index (χ2v) is 8.25. The molecule has 2 aromatic heterocycles. The molecule has 4 atom stereocenters. The van der Waals surface area contributed by atoms with Crippen LogP contribution < -0.4 is 10.6 Å². The van der Waals surface area contributed by atoms with Gasteiger partial charge in [-0.3, -0.25) is 4.79 Å². The summed E-state index contributed by atoms with van der Waals surface area (Å²) >= 11 is 0. The molecule has 0 saturated heterocycles.